The van der Waals surface area contributed by atoms with E-state index in [4.69, 9.17) is 0 Å². The van der Waals surface area contributed by atoms with E-state index in [1.54, 1.807) is 0 Å². The maximum absolute atomic E-state index is 4.32. The molecule has 1 rings (SSSR count). The molecule has 0 fully saturated rings. The molecule has 1 unspecified atom stereocenters. The number of pyridine rings is 1. The minimum atomic E-state index is 0.621. The number of hydrogen-bond donors (Lipinski definition) is 1. The van der Waals surface area contributed by atoms with Crippen LogP contribution >= 0.6 is 0 Å². The second-order valence-corrected chi connectivity index (χ2v) is 4.65. The Morgan fingerprint density at radius 3 is 2.82 bits per heavy atom. The summed E-state index contributed by atoms with van der Waals surface area (Å²) in [7, 11) is 2.17. The second-order valence-electron chi connectivity index (χ2n) is 4.65. The van der Waals surface area contributed by atoms with E-state index in [0.717, 1.165) is 25.3 Å². The van der Waals surface area contributed by atoms with Crippen LogP contribution in [0, 0.1) is 0 Å². The monoisotopic (exact) mass is 235 g/mol. The first-order valence-electron chi connectivity index (χ1n) is 6.56. The lowest BCUT2D eigenvalue weighted by Gasteiger charge is -2.23. The molecule has 1 heterocycles. The highest BCUT2D eigenvalue weighted by Gasteiger charge is 2.07. The Bertz CT molecular complexity index is 325. The first-order valence-corrected chi connectivity index (χ1v) is 6.56. The molecular weight excluding hydrogens is 210 g/mol. The summed E-state index contributed by atoms with van der Waals surface area (Å²) >= 11 is 0. The molecule has 1 aromatic rings. The molecule has 0 aliphatic heterocycles. The van der Waals surface area contributed by atoms with E-state index in [-0.39, 0.29) is 0 Å². The van der Waals surface area contributed by atoms with Crippen molar-refractivity contribution in [1.29, 1.82) is 0 Å². The lowest BCUT2D eigenvalue weighted by atomic mass is 10.2. The highest BCUT2D eigenvalue weighted by molar-refractivity contribution is 5.37. The molecule has 0 radical (unpaired) electrons. The van der Waals surface area contributed by atoms with Crippen molar-refractivity contribution in [3.8, 4) is 0 Å². The van der Waals surface area contributed by atoms with E-state index >= 15 is 0 Å². The fourth-order valence-electron chi connectivity index (χ4n) is 1.68. The number of anilines is 1. The van der Waals surface area contributed by atoms with Crippen molar-refractivity contribution < 1.29 is 0 Å². The average Bonchev–Trinajstić information content (AvgIpc) is 2.35. The number of hydrogen-bond acceptors (Lipinski definition) is 3. The third kappa shape index (κ3) is 4.73. The molecule has 1 aromatic heterocycles. The molecule has 17 heavy (non-hydrogen) atoms. The Kier molecular flexibility index (Phi) is 5.98. The fourth-order valence-corrected chi connectivity index (χ4v) is 1.68. The zero-order valence-corrected chi connectivity index (χ0v) is 11.5. The van der Waals surface area contributed by atoms with E-state index in [1.165, 1.54) is 12.0 Å². The van der Waals surface area contributed by atoms with Crippen LogP contribution in [0.2, 0.25) is 0 Å². The van der Waals surface area contributed by atoms with Gasteiger partial charge < -0.3 is 5.32 Å². The van der Waals surface area contributed by atoms with Gasteiger partial charge in [0, 0.05) is 25.3 Å². The SMILES string of the molecule is CCCNc1cc(CN(C)C(C)CC)ccn1. The van der Waals surface area contributed by atoms with Crippen molar-refractivity contribution in [2.24, 2.45) is 0 Å². The maximum atomic E-state index is 4.32. The smallest absolute Gasteiger partial charge is 0.126 e. The zero-order chi connectivity index (χ0) is 12.7. The summed E-state index contributed by atoms with van der Waals surface area (Å²) < 4.78 is 0. The van der Waals surface area contributed by atoms with E-state index in [9.17, 15) is 0 Å². The first-order chi connectivity index (χ1) is 8.17. The van der Waals surface area contributed by atoms with E-state index in [2.05, 4.69) is 55.2 Å². The Morgan fingerprint density at radius 1 is 1.41 bits per heavy atom. The highest BCUT2D eigenvalue weighted by atomic mass is 15.1. The van der Waals surface area contributed by atoms with Crippen molar-refractivity contribution in [2.45, 2.75) is 46.2 Å². The molecule has 0 amide bonds. The van der Waals surface area contributed by atoms with Gasteiger partial charge in [0.1, 0.15) is 5.82 Å². The van der Waals surface area contributed by atoms with Gasteiger partial charge in [0.15, 0.2) is 0 Å². The Morgan fingerprint density at radius 2 is 2.18 bits per heavy atom. The van der Waals surface area contributed by atoms with Crippen molar-refractivity contribution in [3.63, 3.8) is 0 Å². The molecule has 0 saturated heterocycles. The Balaban J connectivity index is 2.58. The van der Waals surface area contributed by atoms with Crippen LogP contribution in [0.3, 0.4) is 0 Å². The lowest BCUT2D eigenvalue weighted by Crippen LogP contribution is -2.27. The number of rotatable bonds is 7. The summed E-state index contributed by atoms with van der Waals surface area (Å²) in [6.45, 7) is 8.61. The predicted molar refractivity (Wildman–Crippen MR) is 74.2 cm³/mol. The number of nitrogens with one attached hydrogen (secondary N) is 1. The minimum Gasteiger partial charge on any atom is -0.370 e. The Labute approximate surface area is 105 Å². The van der Waals surface area contributed by atoms with Crippen molar-refractivity contribution in [3.05, 3.63) is 23.9 Å². The van der Waals surface area contributed by atoms with Crippen LogP contribution in [0.25, 0.3) is 0 Å². The van der Waals surface area contributed by atoms with Gasteiger partial charge in [-0.25, -0.2) is 4.98 Å². The second kappa shape index (κ2) is 7.28. The van der Waals surface area contributed by atoms with Crippen LogP contribution in [0.15, 0.2) is 18.3 Å². The summed E-state index contributed by atoms with van der Waals surface area (Å²) in [5.41, 5.74) is 1.32. The van der Waals surface area contributed by atoms with Crippen LogP contribution in [-0.4, -0.2) is 29.5 Å². The van der Waals surface area contributed by atoms with Gasteiger partial charge >= 0.3 is 0 Å². The van der Waals surface area contributed by atoms with Gasteiger partial charge in [-0.2, -0.15) is 0 Å². The van der Waals surface area contributed by atoms with Gasteiger partial charge in [-0.05, 0) is 44.5 Å². The average molecular weight is 235 g/mol. The molecule has 3 nitrogen and oxygen atoms in total. The van der Waals surface area contributed by atoms with Gasteiger partial charge in [0.05, 0.1) is 0 Å². The molecule has 0 aliphatic rings. The minimum absolute atomic E-state index is 0.621. The van der Waals surface area contributed by atoms with E-state index < -0.39 is 0 Å². The first kappa shape index (κ1) is 14.0. The fraction of sp³-hybridized carbons (Fsp3) is 0.643. The molecule has 0 saturated carbocycles. The van der Waals surface area contributed by atoms with Crippen LogP contribution in [0.4, 0.5) is 5.82 Å². The van der Waals surface area contributed by atoms with Gasteiger partial charge in [-0.1, -0.05) is 13.8 Å². The van der Waals surface area contributed by atoms with Crippen LogP contribution in [0.5, 0.6) is 0 Å². The molecular formula is C14H25N3. The zero-order valence-electron chi connectivity index (χ0n) is 11.5. The predicted octanol–water partition coefficient (Wildman–Crippen LogP) is 3.13. The lowest BCUT2D eigenvalue weighted by molar-refractivity contribution is 0.244. The number of nitrogens with zero attached hydrogens (tertiary/aromatic N) is 2. The summed E-state index contributed by atoms with van der Waals surface area (Å²) in [5.74, 6) is 0.988. The van der Waals surface area contributed by atoms with E-state index in [0.29, 0.717) is 6.04 Å². The van der Waals surface area contributed by atoms with Crippen LogP contribution in [-0.2, 0) is 6.54 Å². The third-order valence-corrected chi connectivity index (χ3v) is 3.16. The molecule has 0 spiro atoms. The quantitative estimate of drug-likeness (QED) is 0.787. The van der Waals surface area contributed by atoms with Crippen LogP contribution in [0.1, 0.15) is 39.2 Å². The van der Waals surface area contributed by atoms with Gasteiger partial charge in [-0.15, -0.1) is 0 Å². The summed E-state index contributed by atoms with van der Waals surface area (Å²) in [5, 5.41) is 3.32. The van der Waals surface area contributed by atoms with Crippen LogP contribution < -0.4 is 5.32 Å². The van der Waals surface area contributed by atoms with E-state index in [1.807, 2.05) is 6.20 Å². The molecule has 0 aromatic carbocycles. The largest absolute Gasteiger partial charge is 0.370 e. The summed E-state index contributed by atoms with van der Waals surface area (Å²) in [6, 6.07) is 4.86. The number of aromatic nitrogens is 1. The molecule has 3 heteroatoms. The highest BCUT2D eigenvalue weighted by Crippen LogP contribution is 2.11. The molecule has 0 aliphatic carbocycles. The van der Waals surface area contributed by atoms with Gasteiger partial charge in [0.25, 0.3) is 0 Å². The normalized spacial score (nSPS) is 12.8. The Hall–Kier alpha value is -1.09. The summed E-state index contributed by atoms with van der Waals surface area (Å²) in [6.07, 6.45) is 4.19. The van der Waals surface area contributed by atoms with Gasteiger partial charge in [0.2, 0.25) is 0 Å². The molecule has 0 bridgehead atoms. The van der Waals surface area contributed by atoms with Crippen molar-refractivity contribution in [1.82, 2.24) is 9.88 Å². The third-order valence-electron chi connectivity index (χ3n) is 3.16. The molecule has 96 valence electrons. The molecule has 1 N–H and O–H groups in total. The van der Waals surface area contributed by atoms with Crippen molar-refractivity contribution >= 4 is 5.82 Å². The topological polar surface area (TPSA) is 28.2 Å². The summed E-state index contributed by atoms with van der Waals surface area (Å²) in [4.78, 5) is 6.69. The van der Waals surface area contributed by atoms with Gasteiger partial charge in [-0.3, -0.25) is 4.90 Å². The standard InChI is InChI=1S/C14H25N3/c1-5-8-15-14-10-13(7-9-16-14)11-17(4)12(3)6-2/h7,9-10,12H,5-6,8,11H2,1-4H3,(H,15,16). The molecule has 1 atom stereocenters. The maximum Gasteiger partial charge on any atom is 0.126 e. The van der Waals surface area contributed by atoms with Crippen molar-refractivity contribution in [2.75, 3.05) is 18.9 Å².